The van der Waals surface area contributed by atoms with Crippen molar-refractivity contribution in [2.45, 2.75) is 57.7 Å². The number of likely N-dealkylation sites (tertiary alicyclic amines) is 2. The van der Waals surface area contributed by atoms with Crippen molar-refractivity contribution < 1.29 is 5.11 Å². The van der Waals surface area contributed by atoms with Gasteiger partial charge in [0.05, 0.1) is 6.10 Å². The van der Waals surface area contributed by atoms with Crippen molar-refractivity contribution in [3.05, 3.63) is 34.9 Å². The van der Waals surface area contributed by atoms with Gasteiger partial charge in [0, 0.05) is 36.1 Å². The number of rotatable bonds is 4. The second-order valence-corrected chi connectivity index (χ2v) is 8.24. The molecular formula is C20H31ClN2O. The van der Waals surface area contributed by atoms with Crippen LogP contribution < -0.4 is 0 Å². The topological polar surface area (TPSA) is 26.7 Å². The molecule has 1 aromatic rings. The molecule has 3 nitrogen and oxygen atoms in total. The van der Waals surface area contributed by atoms with Crippen molar-refractivity contribution in [3.8, 4) is 0 Å². The third-order valence-corrected chi connectivity index (χ3v) is 6.13. The minimum absolute atomic E-state index is 0.173. The standard InChI is InChI=1S/C20H31ClN2O/c1-15(2)22-10-7-19(8-11-22)23-12-9-20(24)17(14-23)13-16-3-5-18(21)6-4-16/h3-6,15,17,19-20,24H,7-14H2,1-2H3/t17-,20+/m1/s1. The van der Waals surface area contributed by atoms with Gasteiger partial charge in [-0.3, -0.25) is 4.90 Å². The van der Waals surface area contributed by atoms with Crippen LogP contribution in [0.5, 0.6) is 0 Å². The number of aliphatic hydroxyl groups excluding tert-OH is 1. The van der Waals surface area contributed by atoms with E-state index < -0.39 is 0 Å². The predicted octanol–water partition coefficient (Wildman–Crippen LogP) is 3.44. The molecular weight excluding hydrogens is 320 g/mol. The van der Waals surface area contributed by atoms with Gasteiger partial charge < -0.3 is 10.0 Å². The molecule has 2 aliphatic rings. The Balaban J connectivity index is 1.56. The molecule has 1 aromatic carbocycles. The van der Waals surface area contributed by atoms with E-state index in [1.54, 1.807) is 0 Å². The van der Waals surface area contributed by atoms with Gasteiger partial charge in [0.25, 0.3) is 0 Å². The van der Waals surface area contributed by atoms with Gasteiger partial charge in [0.15, 0.2) is 0 Å². The molecule has 3 rings (SSSR count). The first-order chi connectivity index (χ1) is 11.5. The number of halogens is 1. The van der Waals surface area contributed by atoms with Crippen molar-refractivity contribution in [1.82, 2.24) is 9.80 Å². The second-order valence-electron chi connectivity index (χ2n) is 7.80. The minimum Gasteiger partial charge on any atom is -0.393 e. The molecule has 0 amide bonds. The lowest BCUT2D eigenvalue weighted by Gasteiger charge is -2.44. The average molecular weight is 351 g/mol. The Bertz CT molecular complexity index is 511. The van der Waals surface area contributed by atoms with E-state index in [4.69, 9.17) is 11.6 Å². The lowest BCUT2D eigenvalue weighted by Crippen LogP contribution is -2.52. The molecule has 24 heavy (non-hydrogen) atoms. The quantitative estimate of drug-likeness (QED) is 0.901. The molecule has 0 aromatic heterocycles. The van der Waals surface area contributed by atoms with Crippen LogP contribution in [0.2, 0.25) is 5.02 Å². The summed E-state index contributed by atoms with van der Waals surface area (Å²) in [6.07, 6.45) is 4.21. The van der Waals surface area contributed by atoms with Crippen LogP contribution in [0.3, 0.4) is 0 Å². The van der Waals surface area contributed by atoms with Gasteiger partial charge in [0.2, 0.25) is 0 Å². The third-order valence-electron chi connectivity index (χ3n) is 5.88. The maximum absolute atomic E-state index is 10.5. The van der Waals surface area contributed by atoms with Gasteiger partial charge in [-0.25, -0.2) is 0 Å². The number of nitrogens with zero attached hydrogens (tertiary/aromatic N) is 2. The molecule has 2 heterocycles. The molecule has 0 bridgehead atoms. The summed E-state index contributed by atoms with van der Waals surface area (Å²) in [5.74, 6) is 0.336. The lowest BCUT2D eigenvalue weighted by atomic mass is 9.87. The summed E-state index contributed by atoms with van der Waals surface area (Å²) in [6, 6.07) is 9.44. The Hall–Kier alpha value is -0.610. The minimum atomic E-state index is -0.173. The van der Waals surface area contributed by atoms with Crippen molar-refractivity contribution in [1.29, 1.82) is 0 Å². The highest BCUT2D eigenvalue weighted by Crippen LogP contribution is 2.27. The zero-order chi connectivity index (χ0) is 17.1. The van der Waals surface area contributed by atoms with E-state index in [0.29, 0.717) is 18.0 Å². The molecule has 4 heteroatoms. The first-order valence-corrected chi connectivity index (χ1v) is 9.81. The average Bonchev–Trinajstić information content (AvgIpc) is 2.59. The molecule has 2 fully saturated rings. The SMILES string of the molecule is CC(C)N1CCC(N2CC[C@H](O)[C@H](Cc3ccc(Cl)cc3)C2)CC1. The van der Waals surface area contributed by atoms with E-state index in [1.807, 2.05) is 12.1 Å². The van der Waals surface area contributed by atoms with Crippen LogP contribution in [0.25, 0.3) is 0 Å². The lowest BCUT2D eigenvalue weighted by molar-refractivity contribution is -0.00568. The molecule has 1 N–H and O–H groups in total. The maximum atomic E-state index is 10.5. The molecule has 0 unspecified atom stereocenters. The van der Waals surface area contributed by atoms with Gasteiger partial charge in [-0.2, -0.15) is 0 Å². The fraction of sp³-hybridized carbons (Fsp3) is 0.700. The molecule has 2 saturated heterocycles. The zero-order valence-electron chi connectivity index (χ0n) is 15.0. The largest absolute Gasteiger partial charge is 0.393 e. The Morgan fingerprint density at radius 1 is 1.08 bits per heavy atom. The summed E-state index contributed by atoms with van der Waals surface area (Å²) in [7, 11) is 0. The van der Waals surface area contributed by atoms with Crippen LogP contribution in [-0.4, -0.2) is 59.3 Å². The van der Waals surface area contributed by atoms with E-state index >= 15 is 0 Å². The first-order valence-electron chi connectivity index (χ1n) is 9.43. The number of hydrogen-bond donors (Lipinski definition) is 1. The highest BCUT2D eigenvalue weighted by atomic mass is 35.5. The fourth-order valence-electron chi connectivity index (χ4n) is 4.27. The number of aliphatic hydroxyl groups is 1. The Kier molecular flexibility index (Phi) is 6.20. The van der Waals surface area contributed by atoms with Crippen molar-refractivity contribution in [3.63, 3.8) is 0 Å². The zero-order valence-corrected chi connectivity index (χ0v) is 15.8. The van der Waals surface area contributed by atoms with E-state index in [9.17, 15) is 5.11 Å². The van der Waals surface area contributed by atoms with E-state index in [1.165, 1.54) is 31.5 Å². The van der Waals surface area contributed by atoms with Gasteiger partial charge in [-0.1, -0.05) is 23.7 Å². The van der Waals surface area contributed by atoms with Crippen LogP contribution in [0.1, 0.15) is 38.7 Å². The third kappa shape index (κ3) is 4.51. The van der Waals surface area contributed by atoms with E-state index in [2.05, 4.69) is 35.8 Å². The molecule has 2 aliphatic heterocycles. The van der Waals surface area contributed by atoms with Crippen LogP contribution in [0.4, 0.5) is 0 Å². The Labute approximate surface area is 151 Å². The first kappa shape index (κ1) is 18.2. The van der Waals surface area contributed by atoms with Crippen molar-refractivity contribution in [2.75, 3.05) is 26.2 Å². The summed E-state index contributed by atoms with van der Waals surface area (Å²) in [4.78, 5) is 5.23. The summed E-state index contributed by atoms with van der Waals surface area (Å²) in [5, 5.41) is 11.2. The predicted molar refractivity (Wildman–Crippen MR) is 101 cm³/mol. The number of hydrogen-bond acceptors (Lipinski definition) is 3. The summed E-state index contributed by atoms with van der Waals surface area (Å²) in [6.45, 7) is 9.08. The monoisotopic (exact) mass is 350 g/mol. The van der Waals surface area contributed by atoms with Crippen molar-refractivity contribution >= 4 is 11.6 Å². The molecule has 0 spiro atoms. The summed E-state index contributed by atoms with van der Waals surface area (Å²) in [5.41, 5.74) is 1.28. The highest BCUT2D eigenvalue weighted by molar-refractivity contribution is 6.30. The van der Waals surface area contributed by atoms with E-state index in [0.717, 1.165) is 31.0 Å². The van der Waals surface area contributed by atoms with Crippen molar-refractivity contribution in [2.24, 2.45) is 5.92 Å². The van der Waals surface area contributed by atoms with Crippen LogP contribution >= 0.6 is 11.6 Å². The van der Waals surface area contributed by atoms with Crippen LogP contribution in [0.15, 0.2) is 24.3 Å². The molecule has 0 saturated carbocycles. The van der Waals surface area contributed by atoms with Gasteiger partial charge in [0.1, 0.15) is 0 Å². The van der Waals surface area contributed by atoms with Gasteiger partial charge >= 0.3 is 0 Å². The highest BCUT2D eigenvalue weighted by Gasteiger charge is 2.33. The molecule has 2 atom stereocenters. The molecule has 134 valence electrons. The molecule has 0 radical (unpaired) electrons. The fourth-order valence-corrected chi connectivity index (χ4v) is 4.40. The smallest absolute Gasteiger partial charge is 0.0596 e. The number of piperidine rings is 2. The van der Waals surface area contributed by atoms with Crippen LogP contribution in [-0.2, 0) is 6.42 Å². The van der Waals surface area contributed by atoms with E-state index in [-0.39, 0.29) is 6.10 Å². The van der Waals surface area contributed by atoms with Gasteiger partial charge in [-0.15, -0.1) is 0 Å². The summed E-state index contributed by atoms with van der Waals surface area (Å²) >= 11 is 5.98. The van der Waals surface area contributed by atoms with Crippen LogP contribution in [0, 0.1) is 5.92 Å². The van der Waals surface area contributed by atoms with Gasteiger partial charge in [-0.05, 0) is 70.3 Å². The normalized spacial score (nSPS) is 27.7. The second kappa shape index (κ2) is 8.18. The summed E-state index contributed by atoms with van der Waals surface area (Å²) < 4.78 is 0. The Morgan fingerprint density at radius 2 is 1.75 bits per heavy atom. The Morgan fingerprint density at radius 3 is 2.38 bits per heavy atom. The molecule has 0 aliphatic carbocycles. The maximum Gasteiger partial charge on any atom is 0.0596 e. The number of benzene rings is 1.